The first-order valence-electron chi connectivity index (χ1n) is 10.8. The molecule has 3 aromatic rings. The summed E-state index contributed by atoms with van der Waals surface area (Å²) in [5.41, 5.74) is 3.43. The van der Waals surface area contributed by atoms with E-state index in [1.54, 1.807) is 49.5 Å². The second-order valence-corrected chi connectivity index (χ2v) is 7.78. The van der Waals surface area contributed by atoms with Crippen molar-refractivity contribution in [2.45, 2.75) is 25.9 Å². The van der Waals surface area contributed by atoms with Crippen LogP contribution >= 0.6 is 0 Å². The number of fused-ring (bicyclic) bond motifs is 1. The predicted molar refractivity (Wildman–Crippen MR) is 128 cm³/mol. The lowest BCUT2D eigenvalue weighted by Gasteiger charge is -2.21. The first kappa shape index (κ1) is 22.2. The summed E-state index contributed by atoms with van der Waals surface area (Å²) in [5, 5.41) is 5.48. The number of para-hydroxylation sites is 2. The summed E-state index contributed by atoms with van der Waals surface area (Å²) >= 11 is 0. The molecule has 0 spiro atoms. The summed E-state index contributed by atoms with van der Waals surface area (Å²) in [6.07, 6.45) is 0.517. The van der Waals surface area contributed by atoms with Crippen LogP contribution in [0.1, 0.15) is 30.0 Å². The van der Waals surface area contributed by atoms with E-state index < -0.39 is 23.9 Å². The molecule has 1 atom stereocenters. The Bertz CT molecular complexity index is 1220. The third-order valence-corrected chi connectivity index (χ3v) is 5.52. The van der Waals surface area contributed by atoms with Gasteiger partial charge in [0.2, 0.25) is 6.17 Å². The zero-order valence-electron chi connectivity index (χ0n) is 18.5. The number of anilines is 2. The minimum absolute atomic E-state index is 0.258. The molecule has 3 amide bonds. The molecule has 0 bridgehead atoms. The number of carbonyl (C=O) groups excluding carboxylic acids is 2. The molecule has 0 aromatic heterocycles. The van der Waals surface area contributed by atoms with Crippen molar-refractivity contribution in [1.82, 2.24) is 5.32 Å². The lowest BCUT2D eigenvalue weighted by atomic mass is 10.00. The van der Waals surface area contributed by atoms with Gasteiger partial charge in [0.25, 0.3) is 5.91 Å². The number of benzene rings is 3. The van der Waals surface area contributed by atoms with E-state index in [0.29, 0.717) is 22.6 Å². The smallest absolute Gasteiger partial charge is 0.311 e. The summed E-state index contributed by atoms with van der Waals surface area (Å²) in [6, 6.07) is 20.4. The molecule has 1 heterocycles. The number of carbonyl (C=O) groups is 2. The van der Waals surface area contributed by atoms with Gasteiger partial charge in [0.15, 0.2) is 0 Å². The SMILES string of the molecule is CCCc1ccccc1NC(=O)NC1N=C(c2ccccc2F)c2ccccc2N(C)C1=O. The standard InChI is InChI=1S/C26H25FN4O2/c1-3-10-17-11-4-8-15-21(17)28-26(33)30-24-25(32)31(2)22-16-9-6-13-19(22)23(29-24)18-12-5-7-14-20(18)27/h4-9,11-16,24H,3,10H2,1-2H3,(H2,28,30,33). The second-order valence-electron chi connectivity index (χ2n) is 7.78. The maximum atomic E-state index is 14.7. The van der Waals surface area contributed by atoms with Crippen molar-refractivity contribution in [3.63, 3.8) is 0 Å². The summed E-state index contributed by atoms with van der Waals surface area (Å²) < 4.78 is 14.7. The molecule has 0 aliphatic carbocycles. The van der Waals surface area contributed by atoms with Gasteiger partial charge < -0.3 is 15.5 Å². The van der Waals surface area contributed by atoms with Crippen molar-refractivity contribution in [2.24, 2.45) is 4.99 Å². The quantitative estimate of drug-likeness (QED) is 0.597. The molecule has 0 radical (unpaired) electrons. The Morgan fingerprint density at radius 1 is 1.00 bits per heavy atom. The van der Waals surface area contributed by atoms with Crippen molar-refractivity contribution in [3.05, 3.63) is 95.3 Å². The van der Waals surface area contributed by atoms with Gasteiger partial charge in [-0.1, -0.05) is 61.9 Å². The van der Waals surface area contributed by atoms with E-state index >= 15 is 0 Å². The molecule has 168 valence electrons. The molecule has 6 nitrogen and oxygen atoms in total. The Morgan fingerprint density at radius 2 is 1.67 bits per heavy atom. The van der Waals surface area contributed by atoms with Gasteiger partial charge >= 0.3 is 6.03 Å². The molecular weight excluding hydrogens is 419 g/mol. The number of amides is 3. The van der Waals surface area contributed by atoms with Gasteiger partial charge in [-0.25, -0.2) is 14.2 Å². The Labute approximate surface area is 192 Å². The second kappa shape index (κ2) is 9.65. The molecule has 4 rings (SSSR count). The topological polar surface area (TPSA) is 73.8 Å². The number of nitrogens with one attached hydrogen (secondary N) is 2. The molecular formula is C26H25FN4O2. The Hall–Kier alpha value is -4.00. The lowest BCUT2D eigenvalue weighted by Crippen LogP contribution is -2.47. The highest BCUT2D eigenvalue weighted by Gasteiger charge is 2.31. The summed E-state index contributed by atoms with van der Waals surface area (Å²) in [7, 11) is 1.62. The van der Waals surface area contributed by atoms with Gasteiger partial charge in [0.05, 0.1) is 11.4 Å². The highest BCUT2D eigenvalue weighted by molar-refractivity contribution is 6.20. The van der Waals surface area contributed by atoms with Crippen molar-refractivity contribution in [2.75, 3.05) is 17.3 Å². The van der Waals surface area contributed by atoms with E-state index in [9.17, 15) is 14.0 Å². The van der Waals surface area contributed by atoms with E-state index in [2.05, 4.69) is 22.5 Å². The molecule has 0 fully saturated rings. The number of aliphatic imine (C=N–C) groups is 1. The number of urea groups is 1. The molecule has 7 heteroatoms. The van der Waals surface area contributed by atoms with E-state index in [4.69, 9.17) is 0 Å². The number of aryl methyl sites for hydroxylation is 1. The van der Waals surface area contributed by atoms with Crippen LogP contribution in [0.3, 0.4) is 0 Å². The number of halogens is 1. The van der Waals surface area contributed by atoms with Crippen LogP contribution in [-0.4, -0.2) is 30.9 Å². The van der Waals surface area contributed by atoms with Crippen molar-refractivity contribution in [1.29, 1.82) is 0 Å². The third-order valence-electron chi connectivity index (χ3n) is 5.52. The van der Waals surface area contributed by atoms with Crippen LogP contribution in [0.15, 0.2) is 77.8 Å². The molecule has 33 heavy (non-hydrogen) atoms. The normalized spacial score (nSPS) is 15.4. The van der Waals surface area contributed by atoms with E-state index in [-0.39, 0.29) is 5.56 Å². The van der Waals surface area contributed by atoms with Crippen molar-refractivity contribution < 1.29 is 14.0 Å². The molecule has 0 saturated heterocycles. The maximum absolute atomic E-state index is 14.7. The Balaban J connectivity index is 1.69. The fraction of sp³-hybridized carbons (Fsp3) is 0.192. The number of benzodiazepines with no additional fused rings is 1. The van der Waals surface area contributed by atoms with Gasteiger partial charge in [0.1, 0.15) is 5.82 Å². The average Bonchev–Trinajstić information content (AvgIpc) is 2.92. The van der Waals surface area contributed by atoms with Crippen LogP contribution in [0.5, 0.6) is 0 Å². The monoisotopic (exact) mass is 444 g/mol. The van der Waals surface area contributed by atoms with Crippen LogP contribution < -0.4 is 15.5 Å². The molecule has 2 N–H and O–H groups in total. The van der Waals surface area contributed by atoms with Crippen LogP contribution in [0.4, 0.5) is 20.6 Å². The number of nitrogens with zero attached hydrogens (tertiary/aromatic N) is 2. The van der Waals surface area contributed by atoms with Crippen molar-refractivity contribution >= 4 is 29.0 Å². The zero-order valence-corrected chi connectivity index (χ0v) is 18.5. The zero-order chi connectivity index (χ0) is 23.4. The largest absolute Gasteiger partial charge is 0.321 e. The van der Waals surface area contributed by atoms with Crippen LogP contribution in [0, 0.1) is 5.82 Å². The van der Waals surface area contributed by atoms with Crippen LogP contribution in [-0.2, 0) is 11.2 Å². The van der Waals surface area contributed by atoms with E-state index in [1.165, 1.54) is 11.0 Å². The van der Waals surface area contributed by atoms with Gasteiger partial charge in [-0.15, -0.1) is 0 Å². The van der Waals surface area contributed by atoms with E-state index in [0.717, 1.165) is 18.4 Å². The molecule has 1 aliphatic heterocycles. The predicted octanol–water partition coefficient (Wildman–Crippen LogP) is 4.74. The number of likely N-dealkylation sites (N-methyl/N-ethyl adjacent to an activating group) is 1. The van der Waals surface area contributed by atoms with Crippen LogP contribution in [0.25, 0.3) is 0 Å². The van der Waals surface area contributed by atoms with Gasteiger partial charge in [0, 0.05) is 23.9 Å². The number of hydrogen-bond donors (Lipinski definition) is 2. The molecule has 3 aromatic carbocycles. The minimum Gasteiger partial charge on any atom is -0.311 e. The average molecular weight is 445 g/mol. The van der Waals surface area contributed by atoms with Gasteiger partial charge in [-0.2, -0.15) is 0 Å². The molecule has 1 unspecified atom stereocenters. The maximum Gasteiger partial charge on any atom is 0.321 e. The lowest BCUT2D eigenvalue weighted by molar-refractivity contribution is -0.119. The fourth-order valence-electron chi connectivity index (χ4n) is 3.90. The minimum atomic E-state index is -1.23. The molecule has 1 aliphatic rings. The first-order chi connectivity index (χ1) is 16.0. The third kappa shape index (κ3) is 4.62. The van der Waals surface area contributed by atoms with Crippen molar-refractivity contribution in [3.8, 4) is 0 Å². The summed E-state index contributed by atoms with van der Waals surface area (Å²) in [4.78, 5) is 32.0. The molecule has 0 saturated carbocycles. The van der Waals surface area contributed by atoms with Gasteiger partial charge in [-0.05, 0) is 36.2 Å². The first-order valence-corrected chi connectivity index (χ1v) is 10.8. The highest BCUT2D eigenvalue weighted by atomic mass is 19.1. The summed E-state index contributed by atoms with van der Waals surface area (Å²) in [5.74, 6) is -0.884. The van der Waals surface area contributed by atoms with E-state index in [1.807, 2.05) is 24.3 Å². The number of rotatable bonds is 5. The Kier molecular flexibility index (Phi) is 6.49. The Morgan fingerprint density at radius 3 is 2.42 bits per heavy atom. The van der Waals surface area contributed by atoms with Gasteiger partial charge in [-0.3, -0.25) is 4.79 Å². The highest BCUT2D eigenvalue weighted by Crippen LogP contribution is 2.28. The number of hydrogen-bond acceptors (Lipinski definition) is 3. The van der Waals surface area contributed by atoms with Crippen LogP contribution in [0.2, 0.25) is 0 Å². The summed E-state index contributed by atoms with van der Waals surface area (Å²) in [6.45, 7) is 2.06. The fourth-order valence-corrected chi connectivity index (χ4v) is 3.90.